The summed E-state index contributed by atoms with van der Waals surface area (Å²) in [5.41, 5.74) is 3.65. The fourth-order valence-corrected chi connectivity index (χ4v) is 3.88. The van der Waals surface area contributed by atoms with E-state index in [-0.39, 0.29) is 5.91 Å². The lowest BCUT2D eigenvalue weighted by molar-refractivity contribution is -0.114. The van der Waals surface area contributed by atoms with E-state index >= 15 is 0 Å². The van der Waals surface area contributed by atoms with Gasteiger partial charge < -0.3 is 29.9 Å². The number of hydrogen-bond donors (Lipinski definition) is 2. The van der Waals surface area contributed by atoms with Crippen LogP contribution in [-0.2, 0) is 9.53 Å². The molecule has 0 unspecified atom stereocenters. The molecular formula is C25H31N7O3. The van der Waals surface area contributed by atoms with Crippen molar-refractivity contribution >= 4 is 34.9 Å². The third kappa shape index (κ3) is 6.36. The number of nitrogens with zero attached hydrogens (tertiary/aromatic N) is 5. The summed E-state index contributed by atoms with van der Waals surface area (Å²) in [7, 11) is 1.66. The second kappa shape index (κ2) is 11.5. The van der Waals surface area contributed by atoms with Crippen molar-refractivity contribution in [3.63, 3.8) is 0 Å². The van der Waals surface area contributed by atoms with E-state index in [0.29, 0.717) is 25.1 Å². The molecule has 0 spiro atoms. The molecule has 1 aliphatic heterocycles. The van der Waals surface area contributed by atoms with Crippen molar-refractivity contribution in [2.24, 2.45) is 0 Å². The molecule has 10 nitrogen and oxygen atoms in total. The normalized spacial score (nSPS) is 13.5. The standard InChI is InChI=1S/C25H31N7O3/c1-18-22(28-19(2)33)5-4-6-23(18)29-24-26-17-27-25(30-24)32-13-11-31(12-14-32)20-7-9-21(10-8-20)35-16-15-34-3/h4-10,17H,11-16H2,1-3H3,(H,28,33)(H,26,27,29,30). The van der Waals surface area contributed by atoms with Gasteiger partial charge in [0.25, 0.3) is 0 Å². The van der Waals surface area contributed by atoms with Gasteiger partial charge in [-0.15, -0.1) is 0 Å². The van der Waals surface area contributed by atoms with Crippen LogP contribution >= 0.6 is 0 Å². The fourth-order valence-electron chi connectivity index (χ4n) is 3.88. The van der Waals surface area contributed by atoms with Gasteiger partial charge in [0.1, 0.15) is 18.7 Å². The Bertz CT molecular complexity index is 1130. The molecule has 0 atom stereocenters. The van der Waals surface area contributed by atoms with E-state index in [0.717, 1.165) is 54.6 Å². The summed E-state index contributed by atoms with van der Waals surface area (Å²) in [6.45, 7) is 7.85. The highest BCUT2D eigenvalue weighted by atomic mass is 16.5. The molecule has 1 aromatic heterocycles. The number of rotatable bonds is 9. The van der Waals surface area contributed by atoms with Crippen LogP contribution in [0.3, 0.4) is 0 Å². The molecule has 1 fully saturated rings. The smallest absolute Gasteiger partial charge is 0.232 e. The lowest BCUT2D eigenvalue weighted by atomic mass is 10.1. The average molecular weight is 478 g/mol. The highest BCUT2D eigenvalue weighted by molar-refractivity contribution is 5.90. The molecule has 184 valence electrons. The van der Waals surface area contributed by atoms with Crippen molar-refractivity contribution in [2.45, 2.75) is 13.8 Å². The van der Waals surface area contributed by atoms with Crippen LogP contribution in [0.2, 0.25) is 0 Å². The monoisotopic (exact) mass is 477 g/mol. The van der Waals surface area contributed by atoms with Crippen molar-refractivity contribution in [2.75, 3.05) is 66.9 Å². The van der Waals surface area contributed by atoms with E-state index in [2.05, 4.69) is 47.5 Å². The molecule has 1 amide bonds. The van der Waals surface area contributed by atoms with Crippen molar-refractivity contribution in [3.8, 4) is 5.75 Å². The van der Waals surface area contributed by atoms with Crippen LogP contribution in [0.4, 0.5) is 29.0 Å². The van der Waals surface area contributed by atoms with Crippen LogP contribution in [-0.4, -0.2) is 67.4 Å². The van der Waals surface area contributed by atoms with E-state index in [1.165, 1.54) is 13.3 Å². The van der Waals surface area contributed by atoms with Crippen molar-refractivity contribution in [1.82, 2.24) is 15.0 Å². The van der Waals surface area contributed by atoms with Gasteiger partial charge in [-0.25, -0.2) is 9.97 Å². The minimum absolute atomic E-state index is 0.113. The van der Waals surface area contributed by atoms with E-state index in [1.807, 2.05) is 37.3 Å². The van der Waals surface area contributed by atoms with Gasteiger partial charge >= 0.3 is 0 Å². The van der Waals surface area contributed by atoms with Crippen molar-refractivity contribution in [3.05, 3.63) is 54.4 Å². The summed E-state index contributed by atoms with van der Waals surface area (Å²) in [5.74, 6) is 1.83. The maximum Gasteiger partial charge on any atom is 0.232 e. The molecule has 0 radical (unpaired) electrons. The van der Waals surface area contributed by atoms with Crippen LogP contribution in [0.5, 0.6) is 5.75 Å². The Labute approximate surface area is 205 Å². The van der Waals surface area contributed by atoms with Crippen molar-refractivity contribution < 1.29 is 14.3 Å². The predicted octanol–water partition coefficient (Wildman–Crippen LogP) is 3.23. The number of carbonyl (C=O) groups is 1. The molecule has 2 aromatic carbocycles. The number of ether oxygens (including phenoxy) is 2. The Kier molecular flexibility index (Phi) is 7.94. The zero-order valence-corrected chi connectivity index (χ0v) is 20.3. The number of methoxy groups -OCH3 is 1. The maximum atomic E-state index is 11.4. The lowest BCUT2D eigenvalue weighted by Gasteiger charge is -2.36. The zero-order chi connectivity index (χ0) is 24.6. The minimum Gasteiger partial charge on any atom is -0.491 e. The van der Waals surface area contributed by atoms with Gasteiger partial charge in [0.15, 0.2) is 0 Å². The highest BCUT2D eigenvalue weighted by Crippen LogP contribution is 2.26. The third-order valence-electron chi connectivity index (χ3n) is 5.77. The van der Waals surface area contributed by atoms with E-state index in [9.17, 15) is 4.79 Å². The number of amides is 1. The van der Waals surface area contributed by atoms with E-state index in [1.54, 1.807) is 7.11 Å². The molecule has 0 aliphatic carbocycles. The third-order valence-corrected chi connectivity index (χ3v) is 5.77. The summed E-state index contributed by atoms with van der Waals surface area (Å²) in [5, 5.41) is 6.09. The molecule has 0 saturated carbocycles. The van der Waals surface area contributed by atoms with Gasteiger partial charge in [-0.1, -0.05) is 6.07 Å². The Morgan fingerprint density at radius 3 is 2.40 bits per heavy atom. The Morgan fingerprint density at radius 1 is 0.971 bits per heavy atom. The van der Waals surface area contributed by atoms with Crippen LogP contribution in [0.25, 0.3) is 0 Å². The summed E-state index contributed by atoms with van der Waals surface area (Å²) >= 11 is 0. The first kappa shape index (κ1) is 24.2. The van der Waals surface area contributed by atoms with Gasteiger partial charge in [-0.3, -0.25) is 4.79 Å². The topological polar surface area (TPSA) is 105 Å². The molecule has 10 heteroatoms. The number of benzene rings is 2. The number of aromatic nitrogens is 3. The molecule has 4 rings (SSSR count). The second-order valence-electron chi connectivity index (χ2n) is 8.20. The Morgan fingerprint density at radius 2 is 1.69 bits per heavy atom. The largest absolute Gasteiger partial charge is 0.491 e. The zero-order valence-electron chi connectivity index (χ0n) is 20.3. The molecular weight excluding hydrogens is 446 g/mol. The van der Waals surface area contributed by atoms with Crippen molar-refractivity contribution in [1.29, 1.82) is 0 Å². The van der Waals surface area contributed by atoms with Crippen LogP contribution in [0, 0.1) is 6.92 Å². The summed E-state index contributed by atoms with van der Waals surface area (Å²) in [6, 6.07) is 13.8. The molecule has 35 heavy (non-hydrogen) atoms. The molecule has 2 N–H and O–H groups in total. The molecule has 0 bridgehead atoms. The maximum absolute atomic E-state index is 11.4. The highest BCUT2D eigenvalue weighted by Gasteiger charge is 2.20. The number of anilines is 5. The fraction of sp³-hybridized carbons (Fsp3) is 0.360. The Hall–Kier alpha value is -3.92. The number of carbonyl (C=O) groups excluding carboxylic acids is 1. The average Bonchev–Trinajstić information content (AvgIpc) is 2.87. The van der Waals surface area contributed by atoms with E-state index < -0.39 is 0 Å². The number of hydrogen-bond acceptors (Lipinski definition) is 9. The van der Waals surface area contributed by atoms with Crippen LogP contribution in [0.1, 0.15) is 12.5 Å². The summed E-state index contributed by atoms with van der Waals surface area (Å²) in [4.78, 5) is 29.2. The second-order valence-corrected chi connectivity index (χ2v) is 8.20. The first-order valence-corrected chi connectivity index (χ1v) is 11.6. The molecule has 2 heterocycles. The first-order chi connectivity index (χ1) is 17.0. The molecule has 1 aliphatic rings. The van der Waals surface area contributed by atoms with Crippen LogP contribution in [0.15, 0.2) is 48.8 Å². The van der Waals surface area contributed by atoms with Gasteiger partial charge in [0, 0.05) is 57.3 Å². The number of nitrogens with one attached hydrogen (secondary N) is 2. The van der Waals surface area contributed by atoms with Gasteiger partial charge in [-0.2, -0.15) is 4.98 Å². The van der Waals surface area contributed by atoms with Gasteiger partial charge in [0.05, 0.1) is 6.61 Å². The van der Waals surface area contributed by atoms with E-state index in [4.69, 9.17) is 9.47 Å². The predicted molar refractivity (Wildman–Crippen MR) is 137 cm³/mol. The molecule has 3 aromatic rings. The Balaban J connectivity index is 1.36. The summed E-state index contributed by atoms with van der Waals surface area (Å²) < 4.78 is 10.7. The molecule has 1 saturated heterocycles. The lowest BCUT2D eigenvalue weighted by Crippen LogP contribution is -2.47. The van der Waals surface area contributed by atoms with Gasteiger partial charge in [0.2, 0.25) is 17.8 Å². The SMILES string of the molecule is COCCOc1ccc(N2CCN(c3ncnc(Nc4cccc(NC(C)=O)c4C)n3)CC2)cc1. The van der Waals surface area contributed by atoms with Gasteiger partial charge in [-0.05, 0) is 48.9 Å². The van der Waals surface area contributed by atoms with Crippen LogP contribution < -0.4 is 25.2 Å². The summed E-state index contributed by atoms with van der Waals surface area (Å²) in [6.07, 6.45) is 1.52. The quantitative estimate of drug-likeness (QED) is 0.449. The minimum atomic E-state index is -0.113. The number of piperazine rings is 1. The first-order valence-electron chi connectivity index (χ1n) is 11.6.